The number of nitrogens with zero attached hydrogens (tertiary/aromatic N) is 2. The van der Waals surface area contributed by atoms with Gasteiger partial charge in [-0.1, -0.05) is 310 Å². The van der Waals surface area contributed by atoms with Crippen LogP contribution < -0.4 is 9.80 Å². The summed E-state index contributed by atoms with van der Waals surface area (Å²) in [4.78, 5) is 4.77. The number of hydrogen-bond donors (Lipinski definition) is 0. The molecule has 14 aromatic carbocycles. The molecule has 0 radical (unpaired) electrons. The van der Waals surface area contributed by atoms with Crippen molar-refractivity contribution in [2.75, 3.05) is 16.8 Å². The Morgan fingerprint density at radius 1 is 0.279 bits per heavy atom. The first-order chi connectivity index (χ1) is 54.0. The van der Waals surface area contributed by atoms with E-state index in [1.54, 1.807) is 0 Å². The fourth-order valence-corrected chi connectivity index (χ4v) is 17.9. The van der Waals surface area contributed by atoms with Crippen LogP contribution in [-0.2, 0) is 23.7 Å². The predicted molar refractivity (Wildman–Crippen MR) is 479 cm³/mol. The summed E-state index contributed by atoms with van der Waals surface area (Å²) in [6, 6.07) is 113. The summed E-state index contributed by atoms with van der Waals surface area (Å²) in [6.45, 7) is 22.9. The van der Waals surface area contributed by atoms with Crippen molar-refractivity contribution in [3.63, 3.8) is 0 Å². The van der Waals surface area contributed by atoms with Gasteiger partial charge in [-0.2, -0.15) is 0 Å². The molecule has 0 unspecified atom stereocenters. The van der Waals surface area contributed by atoms with Gasteiger partial charge < -0.3 is 9.80 Å². The molecule has 0 fully saturated rings. The Kier molecular flexibility index (Phi) is 20.8. The minimum absolute atomic E-state index is 0.0451. The average molecular weight is 1440 g/mol. The van der Waals surface area contributed by atoms with Crippen molar-refractivity contribution in [3.8, 4) is 111 Å². The van der Waals surface area contributed by atoms with Gasteiger partial charge in [0, 0.05) is 46.3 Å². The second-order valence-corrected chi connectivity index (χ2v) is 32.5. The molecule has 0 atom stereocenters. The Morgan fingerprint density at radius 2 is 0.649 bits per heavy atom. The van der Waals surface area contributed by atoms with Crippen LogP contribution in [0.3, 0.4) is 0 Å². The van der Waals surface area contributed by atoms with Gasteiger partial charge in [-0.05, 0) is 300 Å². The molecule has 2 aliphatic rings. The summed E-state index contributed by atoms with van der Waals surface area (Å²) >= 11 is 0. The predicted octanol–water partition coefficient (Wildman–Crippen LogP) is 31.1. The standard InChI is InChI=1S/C109H104N2/c1-12-15-17-19-27-89-69-103(90(28-20-18-16-13-2)68-102(89)82-42-38-80(39-43-82)96-61-56-93(64-74(96)5)110(11)94-57-63-101-98-32-21-22-33-104(98)108(7,8)107(101)72-94)83-44-40-81(41-45-83)97-62-58-95(65-75(97)6)111(91-52-46-78(47-53-91)85-30-24-31-86(67-85)84-29-23-26-76(66-84)25-14-3)92-54-48-79(49-55-92)88-51-60-100-99-59-50-87(77-36-34-73(4)35-37-77)70-105(99)109(9,10)106(100)71-88/h14,21-26,29-72H,12-13,15-20,27-28H2,1-11H3/b25-14+. The third-order valence-electron chi connectivity index (χ3n) is 24.4. The third kappa shape index (κ3) is 14.7. The summed E-state index contributed by atoms with van der Waals surface area (Å²) in [5.41, 5.74) is 44.4. The van der Waals surface area contributed by atoms with Gasteiger partial charge in [-0.25, -0.2) is 0 Å². The minimum atomic E-state index is -0.155. The zero-order chi connectivity index (χ0) is 76.5. The topological polar surface area (TPSA) is 6.48 Å². The van der Waals surface area contributed by atoms with E-state index in [9.17, 15) is 0 Å². The number of unbranched alkanes of at least 4 members (excludes halogenated alkanes) is 6. The maximum absolute atomic E-state index is 2.59. The maximum atomic E-state index is 2.59. The maximum Gasteiger partial charge on any atom is 0.0464 e. The molecule has 550 valence electrons. The summed E-state index contributed by atoms with van der Waals surface area (Å²) in [5.74, 6) is 0. The van der Waals surface area contributed by atoms with Crippen LogP contribution in [0.1, 0.15) is 155 Å². The van der Waals surface area contributed by atoms with Crippen LogP contribution in [-0.4, -0.2) is 7.05 Å². The SMILES string of the molecule is C/C=C/c1cccc(-c2cccc(-c3ccc(N(c4ccc(-c5ccc6c(c5)C(C)(C)c5cc(-c7ccc(C)cc7)ccc5-6)cc4)c4ccc(-c5ccc(-c6cc(CCCCCC)c(-c7ccc(-c8ccc(N(C)c9ccc%10c(c9)C(C)(C)c9ccccc9-%10)cc8C)cc7)cc6CCCCCC)cc5)c(C)c4)cc3)c2)c1. The van der Waals surface area contributed by atoms with Gasteiger partial charge in [0.15, 0.2) is 0 Å². The molecule has 0 heterocycles. The van der Waals surface area contributed by atoms with Gasteiger partial charge in [-0.15, -0.1) is 0 Å². The van der Waals surface area contributed by atoms with Crippen LogP contribution in [0, 0.1) is 20.8 Å². The van der Waals surface area contributed by atoms with Crippen LogP contribution in [0.15, 0.2) is 303 Å². The zero-order valence-electron chi connectivity index (χ0n) is 66.9. The lowest BCUT2D eigenvalue weighted by atomic mass is 9.81. The van der Waals surface area contributed by atoms with Crippen molar-refractivity contribution in [2.45, 2.75) is 144 Å². The van der Waals surface area contributed by atoms with Crippen LogP contribution >= 0.6 is 0 Å². The molecule has 16 rings (SSSR count). The molecule has 111 heavy (non-hydrogen) atoms. The smallest absolute Gasteiger partial charge is 0.0464 e. The van der Waals surface area contributed by atoms with Gasteiger partial charge >= 0.3 is 0 Å². The first kappa shape index (κ1) is 73.6. The lowest BCUT2D eigenvalue weighted by molar-refractivity contribution is 0.660. The normalized spacial score (nSPS) is 12.9. The third-order valence-corrected chi connectivity index (χ3v) is 24.4. The van der Waals surface area contributed by atoms with Crippen molar-refractivity contribution >= 4 is 34.5 Å². The molecule has 2 nitrogen and oxygen atoms in total. The molecular weight excluding hydrogens is 1340 g/mol. The molecule has 0 aliphatic heterocycles. The lowest BCUT2D eigenvalue weighted by Gasteiger charge is -2.27. The molecule has 0 spiro atoms. The average Bonchev–Trinajstić information content (AvgIpc) is 1.58. The fourth-order valence-electron chi connectivity index (χ4n) is 17.9. The van der Waals surface area contributed by atoms with E-state index in [-0.39, 0.29) is 10.8 Å². The molecule has 0 saturated carbocycles. The minimum Gasteiger partial charge on any atom is -0.345 e. The highest BCUT2D eigenvalue weighted by atomic mass is 15.1. The Morgan fingerprint density at radius 3 is 1.15 bits per heavy atom. The van der Waals surface area contributed by atoms with Crippen molar-refractivity contribution in [1.82, 2.24) is 0 Å². The second-order valence-electron chi connectivity index (χ2n) is 32.5. The lowest BCUT2D eigenvalue weighted by Crippen LogP contribution is -2.16. The molecule has 0 amide bonds. The molecule has 0 bridgehead atoms. The second kappa shape index (κ2) is 31.4. The van der Waals surface area contributed by atoms with Crippen LogP contribution in [0.2, 0.25) is 0 Å². The van der Waals surface area contributed by atoms with E-state index in [0.717, 1.165) is 29.9 Å². The van der Waals surface area contributed by atoms with Gasteiger partial charge in [0.2, 0.25) is 0 Å². The first-order valence-corrected chi connectivity index (χ1v) is 40.8. The van der Waals surface area contributed by atoms with Crippen LogP contribution in [0.4, 0.5) is 28.4 Å². The zero-order valence-corrected chi connectivity index (χ0v) is 66.9. The van der Waals surface area contributed by atoms with Crippen molar-refractivity contribution in [2.24, 2.45) is 0 Å². The van der Waals surface area contributed by atoms with Crippen molar-refractivity contribution < 1.29 is 0 Å². The number of rotatable bonds is 24. The Labute approximate surface area is 661 Å². The highest BCUT2D eigenvalue weighted by molar-refractivity contribution is 5.90. The molecule has 2 aliphatic carbocycles. The monoisotopic (exact) mass is 1440 g/mol. The number of hydrogen-bond acceptors (Lipinski definition) is 2. The number of benzene rings is 14. The van der Waals surface area contributed by atoms with Gasteiger partial charge in [-0.3, -0.25) is 0 Å². The number of fused-ring (bicyclic) bond motifs is 6. The number of allylic oxidation sites excluding steroid dienone is 1. The van der Waals surface area contributed by atoms with Gasteiger partial charge in [0.1, 0.15) is 0 Å². The van der Waals surface area contributed by atoms with E-state index in [4.69, 9.17) is 0 Å². The summed E-state index contributed by atoms with van der Waals surface area (Å²) in [5, 5.41) is 0. The molecule has 0 saturated heterocycles. The number of anilines is 5. The molecule has 0 aromatic heterocycles. The molecular formula is C109H104N2. The Hall–Kier alpha value is -11.6. The summed E-state index contributed by atoms with van der Waals surface area (Å²) in [6.07, 6.45) is 16.1. The van der Waals surface area contributed by atoms with Gasteiger partial charge in [0.05, 0.1) is 0 Å². The van der Waals surface area contributed by atoms with E-state index in [1.807, 2.05) is 0 Å². The van der Waals surface area contributed by atoms with Crippen LogP contribution in [0.25, 0.3) is 117 Å². The Bertz CT molecular complexity index is 5760. The van der Waals surface area contributed by atoms with Crippen LogP contribution in [0.5, 0.6) is 0 Å². The fraction of sp³-hybridized carbons (Fsp3) is 0.211. The highest BCUT2D eigenvalue weighted by Crippen LogP contribution is 2.53. The molecule has 2 heteroatoms. The van der Waals surface area contributed by atoms with E-state index < -0.39 is 0 Å². The van der Waals surface area contributed by atoms with E-state index in [0.29, 0.717) is 0 Å². The quantitative estimate of drug-likeness (QED) is 0.0557. The summed E-state index contributed by atoms with van der Waals surface area (Å²) in [7, 11) is 2.21. The molecule has 14 aromatic rings. The number of aryl methyl sites for hydroxylation is 5. The van der Waals surface area contributed by atoms with Crippen molar-refractivity contribution in [1.29, 1.82) is 0 Å². The van der Waals surface area contributed by atoms with E-state index in [2.05, 4.69) is 395 Å². The summed E-state index contributed by atoms with van der Waals surface area (Å²) < 4.78 is 0. The van der Waals surface area contributed by atoms with E-state index >= 15 is 0 Å². The molecule has 0 N–H and O–H groups in total. The van der Waals surface area contributed by atoms with Crippen molar-refractivity contribution in [3.05, 3.63) is 359 Å². The largest absolute Gasteiger partial charge is 0.345 e. The van der Waals surface area contributed by atoms with Gasteiger partial charge in [0.25, 0.3) is 0 Å². The first-order valence-electron chi connectivity index (χ1n) is 40.8. The Balaban J connectivity index is 0.690. The highest BCUT2D eigenvalue weighted by Gasteiger charge is 2.37. The van der Waals surface area contributed by atoms with E-state index in [1.165, 1.54) is 230 Å².